The van der Waals surface area contributed by atoms with Crippen molar-refractivity contribution in [2.24, 2.45) is 5.73 Å². The van der Waals surface area contributed by atoms with E-state index in [1.807, 2.05) is 19.1 Å². The van der Waals surface area contributed by atoms with Crippen molar-refractivity contribution in [3.63, 3.8) is 0 Å². The van der Waals surface area contributed by atoms with E-state index >= 15 is 0 Å². The summed E-state index contributed by atoms with van der Waals surface area (Å²) in [5, 5.41) is 0. The van der Waals surface area contributed by atoms with Gasteiger partial charge in [0.05, 0.1) is 21.3 Å². The average Bonchev–Trinajstić information content (AvgIpc) is 2.38. The van der Waals surface area contributed by atoms with Crippen molar-refractivity contribution < 1.29 is 19.0 Å². The highest BCUT2D eigenvalue weighted by Gasteiger charge is 2.18. The maximum atomic E-state index is 11.3. The smallest absolute Gasteiger partial charge is 0.322 e. The van der Waals surface area contributed by atoms with Crippen LogP contribution in [0.25, 0.3) is 0 Å². The van der Waals surface area contributed by atoms with Crippen molar-refractivity contribution in [2.75, 3.05) is 21.3 Å². The van der Waals surface area contributed by atoms with Gasteiger partial charge in [-0.2, -0.15) is 0 Å². The van der Waals surface area contributed by atoms with E-state index < -0.39 is 12.0 Å². The molecule has 1 rings (SSSR count). The summed E-state index contributed by atoms with van der Waals surface area (Å²) in [5.74, 6) is 0.987. The van der Waals surface area contributed by atoms with E-state index in [-0.39, 0.29) is 0 Å². The van der Waals surface area contributed by atoms with Crippen LogP contribution in [0, 0.1) is 6.92 Å². The van der Waals surface area contributed by atoms with E-state index in [9.17, 15) is 4.79 Å². The first-order chi connectivity index (χ1) is 8.54. The molecule has 0 saturated carbocycles. The van der Waals surface area contributed by atoms with Gasteiger partial charge in [0, 0.05) is 12.0 Å². The number of carbonyl (C=O) groups is 1. The molecule has 0 amide bonds. The number of carbonyl (C=O) groups excluding carboxylic acids is 1. The maximum absolute atomic E-state index is 11.3. The molecule has 1 atom stereocenters. The van der Waals surface area contributed by atoms with Crippen LogP contribution in [0.3, 0.4) is 0 Å². The zero-order valence-electron chi connectivity index (χ0n) is 11.1. The Balaban J connectivity index is 3.03. The molecule has 5 nitrogen and oxygen atoms in total. The topological polar surface area (TPSA) is 70.8 Å². The minimum Gasteiger partial charge on any atom is -0.496 e. The Hall–Kier alpha value is -1.75. The van der Waals surface area contributed by atoms with E-state index in [1.165, 1.54) is 7.11 Å². The van der Waals surface area contributed by atoms with Gasteiger partial charge in [-0.25, -0.2) is 0 Å². The zero-order chi connectivity index (χ0) is 13.7. The van der Waals surface area contributed by atoms with E-state index in [4.69, 9.17) is 15.2 Å². The summed E-state index contributed by atoms with van der Waals surface area (Å²) in [6, 6.07) is 2.97. The lowest BCUT2D eigenvalue weighted by Gasteiger charge is -2.16. The van der Waals surface area contributed by atoms with Crippen LogP contribution in [0.5, 0.6) is 11.5 Å². The SMILES string of the molecule is COC(=O)C(N)Cc1ccc(OC)c(C)c1OC. The average molecular weight is 253 g/mol. The monoisotopic (exact) mass is 253 g/mol. The zero-order valence-corrected chi connectivity index (χ0v) is 11.1. The van der Waals surface area contributed by atoms with Crippen LogP contribution < -0.4 is 15.2 Å². The Kier molecular flexibility index (Phi) is 4.97. The minimum absolute atomic E-state index is 0.362. The number of methoxy groups -OCH3 is 3. The normalized spacial score (nSPS) is 11.8. The van der Waals surface area contributed by atoms with Gasteiger partial charge in [-0.1, -0.05) is 6.07 Å². The van der Waals surface area contributed by atoms with Crippen LogP contribution in [0.1, 0.15) is 11.1 Å². The Bertz CT molecular complexity index is 431. The first-order valence-electron chi connectivity index (χ1n) is 5.59. The Morgan fingerprint density at radius 3 is 2.44 bits per heavy atom. The van der Waals surface area contributed by atoms with Crippen molar-refractivity contribution >= 4 is 5.97 Å². The van der Waals surface area contributed by atoms with Crippen LogP contribution in [0.15, 0.2) is 12.1 Å². The number of hydrogen-bond acceptors (Lipinski definition) is 5. The summed E-state index contributed by atoms with van der Waals surface area (Å²) in [5.41, 5.74) is 7.48. The van der Waals surface area contributed by atoms with Gasteiger partial charge in [-0.15, -0.1) is 0 Å². The molecule has 0 aliphatic heterocycles. The fourth-order valence-corrected chi connectivity index (χ4v) is 1.87. The van der Waals surface area contributed by atoms with Crippen LogP contribution >= 0.6 is 0 Å². The number of rotatable bonds is 5. The Morgan fingerprint density at radius 2 is 1.94 bits per heavy atom. The maximum Gasteiger partial charge on any atom is 0.322 e. The first-order valence-corrected chi connectivity index (χ1v) is 5.59. The van der Waals surface area contributed by atoms with Gasteiger partial charge in [0.15, 0.2) is 0 Å². The molecule has 5 heteroatoms. The van der Waals surface area contributed by atoms with Crippen LogP contribution in [0.2, 0.25) is 0 Å². The van der Waals surface area contributed by atoms with Gasteiger partial charge >= 0.3 is 5.97 Å². The third kappa shape index (κ3) is 2.92. The fourth-order valence-electron chi connectivity index (χ4n) is 1.87. The highest BCUT2D eigenvalue weighted by Crippen LogP contribution is 2.31. The molecule has 0 spiro atoms. The number of hydrogen-bond donors (Lipinski definition) is 1. The van der Waals surface area contributed by atoms with Crippen molar-refractivity contribution in [1.29, 1.82) is 0 Å². The third-order valence-electron chi connectivity index (χ3n) is 2.81. The molecule has 100 valence electrons. The van der Waals surface area contributed by atoms with Crippen LogP contribution in [-0.4, -0.2) is 33.3 Å². The summed E-state index contributed by atoms with van der Waals surface area (Å²) < 4.78 is 15.2. The van der Waals surface area contributed by atoms with Crippen molar-refractivity contribution in [3.05, 3.63) is 23.3 Å². The molecule has 18 heavy (non-hydrogen) atoms. The molecule has 1 aromatic rings. The van der Waals surface area contributed by atoms with Crippen molar-refractivity contribution in [1.82, 2.24) is 0 Å². The lowest BCUT2D eigenvalue weighted by atomic mass is 10.0. The van der Waals surface area contributed by atoms with Crippen molar-refractivity contribution in [2.45, 2.75) is 19.4 Å². The van der Waals surface area contributed by atoms with E-state index in [0.717, 1.165) is 16.9 Å². The van der Waals surface area contributed by atoms with E-state index in [1.54, 1.807) is 14.2 Å². The van der Waals surface area contributed by atoms with Gasteiger partial charge in [0.2, 0.25) is 0 Å². The molecule has 0 aromatic heterocycles. The molecule has 0 heterocycles. The summed E-state index contributed by atoms with van der Waals surface area (Å²) in [7, 11) is 4.50. The van der Waals surface area contributed by atoms with Crippen molar-refractivity contribution in [3.8, 4) is 11.5 Å². The standard InChI is InChI=1S/C13H19NO4/c1-8-11(16-2)6-5-9(12(8)17-3)7-10(14)13(15)18-4/h5-6,10H,7,14H2,1-4H3. The molecule has 0 aliphatic rings. The van der Waals surface area contributed by atoms with Gasteiger partial charge < -0.3 is 19.9 Å². The number of nitrogens with two attached hydrogens (primary N) is 1. The summed E-state index contributed by atoms with van der Waals surface area (Å²) in [6.45, 7) is 1.89. The second-order valence-electron chi connectivity index (χ2n) is 3.92. The van der Waals surface area contributed by atoms with E-state index in [2.05, 4.69) is 4.74 Å². The molecular weight excluding hydrogens is 234 g/mol. The summed E-state index contributed by atoms with van der Waals surface area (Å²) in [4.78, 5) is 11.3. The fraction of sp³-hybridized carbons (Fsp3) is 0.462. The van der Waals surface area contributed by atoms with Gasteiger partial charge in [0.25, 0.3) is 0 Å². The molecule has 2 N–H and O–H groups in total. The summed E-state index contributed by atoms with van der Waals surface area (Å²) in [6.07, 6.45) is 0.362. The highest BCUT2D eigenvalue weighted by molar-refractivity contribution is 5.76. The molecule has 1 aromatic carbocycles. The molecule has 0 saturated heterocycles. The number of ether oxygens (including phenoxy) is 3. The Labute approximate surface area is 107 Å². The largest absolute Gasteiger partial charge is 0.496 e. The predicted octanol–water partition coefficient (Wildman–Crippen LogP) is 1.06. The molecule has 1 unspecified atom stereocenters. The third-order valence-corrected chi connectivity index (χ3v) is 2.81. The molecular formula is C13H19NO4. The minimum atomic E-state index is -0.698. The number of benzene rings is 1. The van der Waals surface area contributed by atoms with Crippen LogP contribution in [-0.2, 0) is 16.0 Å². The molecule has 0 aliphatic carbocycles. The molecule has 0 fully saturated rings. The van der Waals surface area contributed by atoms with E-state index in [0.29, 0.717) is 12.2 Å². The Morgan fingerprint density at radius 1 is 1.28 bits per heavy atom. The highest BCUT2D eigenvalue weighted by atomic mass is 16.5. The second kappa shape index (κ2) is 6.26. The summed E-state index contributed by atoms with van der Waals surface area (Å²) >= 11 is 0. The molecule has 0 bridgehead atoms. The number of esters is 1. The van der Waals surface area contributed by atoms with Gasteiger partial charge in [-0.3, -0.25) is 4.79 Å². The lowest BCUT2D eigenvalue weighted by Crippen LogP contribution is -2.33. The lowest BCUT2D eigenvalue weighted by molar-refractivity contribution is -0.142. The van der Waals surface area contributed by atoms with Gasteiger partial charge in [-0.05, 0) is 18.6 Å². The molecule has 0 radical (unpaired) electrons. The van der Waals surface area contributed by atoms with Crippen LogP contribution in [0.4, 0.5) is 0 Å². The first kappa shape index (κ1) is 14.3. The van der Waals surface area contributed by atoms with Gasteiger partial charge in [0.1, 0.15) is 17.5 Å². The predicted molar refractivity (Wildman–Crippen MR) is 68.0 cm³/mol. The quantitative estimate of drug-likeness (QED) is 0.794. The second-order valence-corrected chi connectivity index (χ2v) is 3.92.